The molecule has 0 fully saturated rings. The number of anilines is 1. The number of aryl methyl sites for hydroxylation is 1. The summed E-state index contributed by atoms with van der Waals surface area (Å²) in [5.74, 6) is -1.47. The van der Waals surface area contributed by atoms with Crippen LogP contribution in [0.4, 0.5) is 10.1 Å². The van der Waals surface area contributed by atoms with Gasteiger partial charge in [-0.2, -0.15) is 0 Å². The number of para-hydroxylation sites is 1. The number of aromatic nitrogens is 3. The van der Waals surface area contributed by atoms with Gasteiger partial charge in [-0.1, -0.05) is 47.7 Å². The summed E-state index contributed by atoms with van der Waals surface area (Å²) in [5, 5.41) is 11.2. The normalized spacial score (nSPS) is 12.4. The Labute approximate surface area is 209 Å². The summed E-state index contributed by atoms with van der Waals surface area (Å²) in [6, 6.07) is 17.7. The van der Waals surface area contributed by atoms with Crippen molar-refractivity contribution in [2.75, 3.05) is 4.90 Å². The molecule has 0 bridgehead atoms. The van der Waals surface area contributed by atoms with Crippen molar-refractivity contribution in [3.63, 3.8) is 0 Å². The maximum Gasteiger partial charge on any atom is 0.249 e. The molecule has 1 aromatic heterocycles. The molecule has 4 rings (SSSR count). The quantitative estimate of drug-likeness (QED) is 0.421. The fraction of sp³-hybridized carbons (Fsp3) is 0.286. The number of fused-ring (bicyclic) bond motifs is 1. The largest absolute Gasteiger partial charge is 0.349 e. The lowest BCUT2D eigenvalue weighted by molar-refractivity contribution is -0.128. The Morgan fingerprint density at radius 3 is 2.42 bits per heavy atom. The number of amides is 2. The van der Waals surface area contributed by atoms with Crippen LogP contribution in [0.5, 0.6) is 0 Å². The van der Waals surface area contributed by atoms with Crippen LogP contribution in [0.2, 0.25) is 0 Å². The first-order valence-electron chi connectivity index (χ1n) is 11.8. The Morgan fingerprint density at radius 2 is 1.69 bits per heavy atom. The van der Waals surface area contributed by atoms with Crippen LogP contribution in [0.1, 0.15) is 43.5 Å². The predicted octanol–water partition coefficient (Wildman–Crippen LogP) is 4.88. The molecule has 0 aliphatic heterocycles. The zero-order valence-electron chi connectivity index (χ0n) is 21.1. The van der Waals surface area contributed by atoms with Crippen molar-refractivity contribution in [2.24, 2.45) is 0 Å². The predicted molar refractivity (Wildman–Crippen MR) is 138 cm³/mol. The second-order valence-electron chi connectivity index (χ2n) is 9.88. The molecule has 186 valence electrons. The third-order valence-electron chi connectivity index (χ3n) is 6.01. The molecule has 0 radical (unpaired) electrons. The number of nitrogens with one attached hydrogen (secondary N) is 1. The Kier molecular flexibility index (Phi) is 6.88. The molecular weight excluding hydrogens is 457 g/mol. The van der Waals surface area contributed by atoms with Crippen LogP contribution in [0, 0.1) is 19.7 Å². The number of hydrogen-bond donors (Lipinski definition) is 1. The van der Waals surface area contributed by atoms with Crippen LogP contribution >= 0.6 is 0 Å². The monoisotopic (exact) mass is 487 g/mol. The highest BCUT2D eigenvalue weighted by molar-refractivity contribution is 6.02. The molecule has 8 heteroatoms. The molecule has 0 saturated heterocycles. The molecule has 1 heterocycles. The maximum absolute atomic E-state index is 15.2. The Morgan fingerprint density at radius 1 is 1.00 bits per heavy atom. The van der Waals surface area contributed by atoms with Gasteiger partial charge in [0.05, 0.1) is 5.52 Å². The second kappa shape index (κ2) is 9.89. The van der Waals surface area contributed by atoms with Crippen molar-refractivity contribution >= 4 is 28.5 Å². The van der Waals surface area contributed by atoms with Gasteiger partial charge in [-0.05, 0) is 70.0 Å². The molecule has 0 aliphatic rings. The minimum atomic E-state index is -1.24. The zero-order valence-corrected chi connectivity index (χ0v) is 21.1. The molecule has 0 unspecified atom stereocenters. The van der Waals surface area contributed by atoms with Gasteiger partial charge in [0.1, 0.15) is 23.9 Å². The van der Waals surface area contributed by atoms with Crippen molar-refractivity contribution in [3.8, 4) is 0 Å². The van der Waals surface area contributed by atoms with E-state index in [4.69, 9.17) is 0 Å². The minimum absolute atomic E-state index is 0.108. The highest BCUT2D eigenvalue weighted by atomic mass is 19.1. The Hall–Kier alpha value is -4.07. The van der Waals surface area contributed by atoms with Gasteiger partial charge in [0, 0.05) is 16.8 Å². The first kappa shape index (κ1) is 25.0. The molecule has 3 aromatic carbocycles. The summed E-state index contributed by atoms with van der Waals surface area (Å²) in [5.41, 5.74) is 3.14. The van der Waals surface area contributed by atoms with Gasteiger partial charge in [0.15, 0.2) is 0 Å². The SMILES string of the molecule is Cc1cccc(N(C(=O)Cn2nnc3ccccc32)[C@H](C(=O)NC(C)(C)C)c2ccccc2F)c1C. The summed E-state index contributed by atoms with van der Waals surface area (Å²) in [4.78, 5) is 29.2. The van der Waals surface area contributed by atoms with Crippen LogP contribution in [0.3, 0.4) is 0 Å². The van der Waals surface area contributed by atoms with E-state index in [2.05, 4.69) is 15.6 Å². The Balaban J connectivity index is 1.88. The lowest BCUT2D eigenvalue weighted by Gasteiger charge is -2.35. The fourth-order valence-corrected chi connectivity index (χ4v) is 4.18. The first-order valence-corrected chi connectivity index (χ1v) is 11.8. The molecule has 4 aromatic rings. The summed E-state index contributed by atoms with van der Waals surface area (Å²) in [6.07, 6.45) is 0. The topological polar surface area (TPSA) is 80.1 Å². The smallest absolute Gasteiger partial charge is 0.249 e. The Bertz CT molecular complexity index is 1420. The molecule has 1 N–H and O–H groups in total. The highest BCUT2D eigenvalue weighted by Gasteiger charge is 2.37. The van der Waals surface area contributed by atoms with Crippen LogP contribution in [0.25, 0.3) is 11.0 Å². The van der Waals surface area contributed by atoms with Gasteiger partial charge in [-0.25, -0.2) is 9.07 Å². The third-order valence-corrected chi connectivity index (χ3v) is 6.01. The molecular formula is C28H30FN5O2. The van der Waals surface area contributed by atoms with Crippen molar-refractivity contribution in [1.82, 2.24) is 20.3 Å². The van der Waals surface area contributed by atoms with E-state index in [-0.39, 0.29) is 12.1 Å². The van der Waals surface area contributed by atoms with Crippen LogP contribution in [0.15, 0.2) is 66.7 Å². The highest BCUT2D eigenvalue weighted by Crippen LogP contribution is 2.33. The standard InChI is InChI=1S/C28H30FN5O2/c1-18-11-10-16-23(19(18)2)34(25(35)17-33-24-15-9-8-14-22(24)31-32-33)26(27(36)30-28(3,4)5)20-12-6-7-13-21(20)29/h6-16,26H,17H2,1-5H3,(H,30,36)/t26-/m0/s1. The van der Waals surface area contributed by atoms with Crippen LogP contribution in [-0.2, 0) is 16.1 Å². The number of benzene rings is 3. The fourth-order valence-electron chi connectivity index (χ4n) is 4.18. The summed E-state index contributed by atoms with van der Waals surface area (Å²) in [6.45, 7) is 9.16. The summed E-state index contributed by atoms with van der Waals surface area (Å²) in [7, 11) is 0. The van der Waals surface area contributed by atoms with E-state index >= 15 is 4.39 Å². The van der Waals surface area contributed by atoms with Gasteiger partial charge in [0.25, 0.3) is 0 Å². The maximum atomic E-state index is 15.2. The van der Waals surface area contributed by atoms with Crippen molar-refractivity contribution in [3.05, 3.63) is 89.2 Å². The number of halogens is 1. The number of carbonyl (C=O) groups is 2. The van der Waals surface area contributed by atoms with E-state index in [9.17, 15) is 9.59 Å². The molecule has 7 nitrogen and oxygen atoms in total. The van der Waals surface area contributed by atoms with E-state index < -0.39 is 29.2 Å². The lowest BCUT2D eigenvalue weighted by Crippen LogP contribution is -2.50. The van der Waals surface area contributed by atoms with Crippen molar-refractivity contribution < 1.29 is 14.0 Å². The van der Waals surface area contributed by atoms with Gasteiger partial charge in [-0.3, -0.25) is 14.5 Å². The second-order valence-corrected chi connectivity index (χ2v) is 9.88. The average Bonchev–Trinajstić information content (AvgIpc) is 3.22. The average molecular weight is 488 g/mol. The van der Waals surface area contributed by atoms with Crippen molar-refractivity contribution in [2.45, 2.75) is 52.7 Å². The minimum Gasteiger partial charge on any atom is -0.349 e. The zero-order chi connectivity index (χ0) is 26.0. The van der Waals surface area contributed by atoms with Gasteiger partial charge in [0.2, 0.25) is 11.8 Å². The lowest BCUT2D eigenvalue weighted by atomic mass is 9.98. The van der Waals surface area contributed by atoms with Gasteiger partial charge < -0.3 is 5.32 Å². The molecule has 0 spiro atoms. The van der Waals surface area contributed by atoms with E-state index in [1.165, 1.54) is 15.6 Å². The summed E-state index contributed by atoms with van der Waals surface area (Å²) < 4.78 is 16.7. The number of rotatable bonds is 6. The number of hydrogen-bond acceptors (Lipinski definition) is 4. The van der Waals surface area contributed by atoms with Crippen molar-refractivity contribution in [1.29, 1.82) is 0 Å². The number of nitrogens with zero attached hydrogens (tertiary/aromatic N) is 4. The van der Waals surface area contributed by atoms with E-state index in [1.807, 2.05) is 71.0 Å². The van der Waals surface area contributed by atoms with Crippen LogP contribution < -0.4 is 10.2 Å². The molecule has 0 saturated carbocycles. The third kappa shape index (κ3) is 5.12. The van der Waals surface area contributed by atoms with Gasteiger partial charge >= 0.3 is 0 Å². The van der Waals surface area contributed by atoms with E-state index in [0.717, 1.165) is 11.1 Å². The van der Waals surface area contributed by atoms with Crippen LogP contribution in [-0.4, -0.2) is 32.3 Å². The van der Waals surface area contributed by atoms with E-state index in [1.54, 1.807) is 24.3 Å². The van der Waals surface area contributed by atoms with Gasteiger partial charge in [-0.15, -0.1) is 5.10 Å². The molecule has 0 aliphatic carbocycles. The first-order chi connectivity index (χ1) is 17.1. The van der Waals surface area contributed by atoms with E-state index in [0.29, 0.717) is 16.7 Å². The number of carbonyl (C=O) groups excluding carboxylic acids is 2. The molecule has 1 atom stereocenters. The molecule has 2 amide bonds. The summed E-state index contributed by atoms with van der Waals surface area (Å²) >= 11 is 0. The molecule has 36 heavy (non-hydrogen) atoms.